The largest absolute Gasteiger partial charge is 0.496 e. The molecule has 1 aliphatic heterocycles. The summed E-state index contributed by atoms with van der Waals surface area (Å²) >= 11 is 0. The number of allylic oxidation sites excluding steroid dienone is 6. The molecule has 6 heteroatoms. The van der Waals surface area contributed by atoms with E-state index in [0.29, 0.717) is 17.9 Å². The molecule has 2 rings (SSSR count). The molecule has 2 heterocycles. The van der Waals surface area contributed by atoms with Crippen molar-refractivity contribution in [2.45, 2.75) is 52.1 Å². The predicted octanol–water partition coefficient (Wildman–Crippen LogP) is 4.18. The average molecular weight is 417 g/mol. The van der Waals surface area contributed by atoms with Crippen molar-refractivity contribution in [3.8, 4) is 5.75 Å². The molecule has 4 atom stereocenters. The van der Waals surface area contributed by atoms with Gasteiger partial charge in [0.2, 0.25) is 0 Å². The SMILES string of the molecule is CC[C@H]1O[C@@H](OC)[C@@](C)(/C=C/C=C/C=C/C=C/c2oc(=O)cc(OC)c2C)[C@@]1(C)O. The summed E-state index contributed by atoms with van der Waals surface area (Å²) in [6, 6.07) is 1.32. The molecule has 0 saturated carbocycles. The van der Waals surface area contributed by atoms with Gasteiger partial charge in [0.15, 0.2) is 6.29 Å². The summed E-state index contributed by atoms with van der Waals surface area (Å²) in [7, 11) is 3.10. The van der Waals surface area contributed by atoms with Crippen molar-refractivity contribution in [3.63, 3.8) is 0 Å². The maximum atomic E-state index is 11.5. The summed E-state index contributed by atoms with van der Waals surface area (Å²) in [6.07, 6.45) is 14.6. The van der Waals surface area contributed by atoms with Crippen LogP contribution in [0.1, 0.15) is 38.5 Å². The summed E-state index contributed by atoms with van der Waals surface area (Å²) in [5.74, 6) is 0.959. The van der Waals surface area contributed by atoms with Crippen LogP contribution in [-0.4, -0.2) is 37.3 Å². The van der Waals surface area contributed by atoms with Crippen LogP contribution in [0.5, 0.6) is 5.75 Å². The Morgan fingerprint density at radius 2 is 1.77 bits per heavy atom. The smallest absolute Gasteiger partial charge is 0.339 e. The number of rotatable bonds is 8. The minimum absolute atomic E-state index is 0.286. The first-order valence-corrected chi connectivity index (χ1v) is 9.99. The Balaban J connectivity index is 2.03. The fourth-order valence-corrected chi connectivity index (χ4v) is 3.63. The molecule has 1 aromatic heterocycles. The van der Waals surface area contributed by atoms with Crippen LogP contribution < -0.4 is 10.4 Å². The van der Waals surface area contributed by atoms with Crippen LogP contribution in [0, 0.1) is 12.3 Å². The van der Waals surface area contributed by atoms with E-state index >= 15 is 0 Å². The molecule has 0 bridgehead atoms. The second-order valence-corrected chi connectivity index (χ2v) is 7.64. The third-order valence-electron chi connectivity index (χ3n) is 5.74. The predicted molar refractivity (Wildman–Crippen MR) is 117 cm³/mol. The van der Waals surface area contributed by atoms with Crippen molar-refractivity contribution in [1.29, 1.82) is 0 Å². The zero-order valence-electron chi connectivity index (χ0n) is 18.5. The Kier molecular flexibility index (Phi) is 8.01. The molecule has 1 N–H and O–H groups in total. The second-order valence-electron chi connectivity index (χ2n) is 7.64. The van der Waals surface area contributed by atoms with Gasteiger partial charge >= 0.3 is 5.63 Å². The second kappa shape index (κ2) is 10.1. The van der Waals surface area contributed by atoms with E-state index < -0.39 is 22.9 Å². The van der Waals surface area contributed by atoms with E-state index in [4.69, 9.17) is 18.6 Å². The van der Waals surface area contributed by atoms with Gasteiger partial charge in [-0.15, -0.1) is 0 Å². The van der Waals surface area contributed by atoms with Gasteiger partial charge in [-0.25, -0.2) is 4.79 Å². The van der Waals surface area contributed by atoms with Crippen LogP contribution in [0.25, 0.3) is 6.08 Å². The molecule has 0 radical (unpaired) electrons. The van der Waals surface area contributed by atoms with E-state index in [0.717, 1.165) is 5.56 Å². The highest BCUT2D eigenvalue weighted by atomic mass is 16.7. The van der Waals surface area contributed by atoms with Gasteiger partial charge in [0.25, 0.3) is 0 Å². The third-order valence-corrected chi connectivity index (χ3v) is 5.74. The van der Waals surface area contributed by atoms with Gasteiger partial charge in [0.05, 0.1) is 24.7 Å². The summed E-state index contributed by atoms with van der Waals surface area (Å²) in [5, 5.41) is 11.0. The zero-order valence-corrected chi connectivity index (χ0v) is 18.5. The molecule has 164 valence electrons. The van der Waals surface area contributed by atoms with Crippen LogP contribution >= 0.6 is 0 Å². The van der Waals surface area contributed by atoms with Crippen LogP contribution in [0.15, 0.2) is 57.8 Å². The normalized spacial score (nSPS) is 29.8. The summed E-state index contributed by atoms with van der Waals surface area (Å²) < 4.78 is 21.7. The van der Waals surface area contributed by atoms with E-state index in [1.807, 2.05) is 57.2 Å². The Labute approximate surface area is 178 Å². The van der Waals surface area contributed by atoms with E-state index in [9.17, 15) is 9.90 Å². The van der Waals surface area contributed by atoms with Crippen LogP contribution in [-0.2, 0) is 9.47 Å². The third kappa shape index (κ3) is 4.83. The molecule has 1 fully saturated rings. The molecule has 1 aromatic rings. The van der Waals surface area contributed by atoms with E-state index in [2.05, 4.69) is 0 Å². The Morgan fingerprint density at radius 1 is 1.13 bits per heavy atom. The lowest BCUT2D eigenvalue weighted by molar-refractivity contribution is -0.143. The van der Waals surface area contributed by atoms with E-state index in [1.54, 1.807) is 26.2 Å². The standard InChI is InChI=1S/C24H32O6/c1-7-20-24(4,26)23(3,22(28-6)30-20)15-13-11-9-8-10-12-14-18-17(2)19(27-5)16-21(25)29-18/h8-16,20,22,26H,7H2,1-6H3/b10-8+,11-9+,14-12+,15-13+/t20-,22-,23-,24+/m1/s1. The highest BCUT2D eigenvalue weighted by molar-refractivity contribution is 5.52. The number of aliphatic hydroxyl groups is 1. The molecule has 0 spiro atoms. The lowest BCUT2D eigenvalue weighted by Crippen LogP contribution is -2.48. The van der Waals surface area contributed by atoms with Gasteiger partial charge in [-0.05, 0) is 33.3 Å². The molecule has 30 heavy (non-hydrogen) atoms. The first-order valence-electron chi connectivity index (χ1n) is 9.99. The molecule has 0 aromatic carbocycles. The number of hydrogen-bond donors (Lipinski definition) is 1. The number of hydrogen-bond acceptors (Lipinski definition) is 6. The number of methoxy groups -OCH3 is 2. The van der Waals surface area contributed by atoms with E-state index in [1.165, 1.54) is 13.2 Å². The Morgan fingerprint density at radius 3 is 2.37 bits per heavy atom. The zero-order chi connectivity index (χ0) is 22.4. The fraction of sp³-hybridized carbons (Fsp3) is 0.458. The highest BCUT2D eigenvalue weighted by Crippen LogP contribution is 2.48. The molecule has 1 saturated heterocycles. The average Bonchev–Trinajstić information content (AvgIpc) is 2.91. The maximum Gasteiger partial charge on any atom is 0.339 e. The van der Waals surface area contributed by atoms with Gasteiger partial charge in [-0.2, -0.15) is 0 Å². The van der Waals surface area contributed by atoms with Gasteiger partial charge in [0.1, 0.15) is 17.1 Å². The molecule has 6 nitrogen and oxygen atoms in total. The summed E-state index contributed by atoms with van der Waals surface area (Å²) in [5.41, 5.74) is -1.40. The van der Waals surface area contributed by atoms with Gasteiger partial charge in [-0.1, -0.05) is 49.5 Å². The van der Waals surface area contributed by atoms with Crippen molar-refractivity contribution in [2.75, 3.05) is 14.2 Å². The first kappa shape index (κ1) is 23.9. The molecule has 1 aliphatic rings. The molecule has 0 amide bonds. The number of ether oxygens (including phenoxy) is 3. The van der Waals surface area contributed by atoms with Crippen molar-refractivity contribution in [1.82, 2.24) is 0 Å². The lowest BCUT2D eigenvalue weighted by atomic mass is 9.72. The first-order chi connectivity index (χ1) is 14.2. The Bertz CT molecular complexity index is 889. The molecule has 0 aliphatic carbocycles. The van der Waals surface area contributed by atoms with Crippen molar-refractivity contribution in [2.24, 2.45) is 5.41 Å². The Hall–Kier alpha value is -2.41. The van der Waals surface area contributed by atoms with Gasteiger partial charge in [0, 0.05) is 12.7 Å². The van der Waals surface area contributed by atoms with E-state index in [-0.39, 0.29) is 6.10 Å². The minimum Gasteiger partial charge on any atom is -0.496 e. The monoisotopic (exact) mass is 416 g/mol. The van der Waals surface area contributed by atoms with Crippen LogP contribution in [0.3, 0.4) is 0 Å². The summed E-state index contributed by atoms with van der Waals surface area (Å²) in [6.45, 7) is 7.54. The van der Waals surface area contributed by atoms with Crippen LogP contribution in [0.2, 0.25) is 0 Å². The summed E-state index contributed by atoms with van der Waals surface area (Å²) in [4.78, 5) is 11.5. The molecule has 0 unspecified atom stereocenters. The van der Waals surface area contributed by atoms with Gasteiger partial charge < -0.3 is 23.7 Å². The van der Waals surface area contributed by atoms with Crippen molar-refractivity contribution in [3.05, 3.63) is 70.3 Å². The van der Waals surface area contributed by atoms with Gasteiger partial charge in [-0.3, -0.25) is 0 Å². The lowest BCUT2D eigenvalue weighted by Gasteiger charge is -2.37. The van der Waals surface area contributed by atoms with Crippen molar-refractivity contribution < 1.29 is 23.7 Å². The highest BCUT2D eigenvalue weighted by Gasteiger charge is 2.59. The fourth-order valence-electron chi connectivity index (χ4n) is 3.63. The molecular formula is C24H32O6. The topological polar surface area (TPSA) is 78.1 Å². The van der Waals surface area contributed by atoms with Crippen molar-refractivity contribution >= 4 is 6.08 Å². The molecular weight excluding hydrogens is 384 g/mol. The minimum atomic E-state index is -1.04. The maximum absolute atomic E-state index is 11.5. The quantitative estimate of drug-likeness (QED) is 0.641. The van der Waals surface area contributed by atoms with Crippen LogP contribution in [0.4, 0.5) is 0 Å².